The van der Waals surface area contributed by atoms with Crippen molar-refractivity contribution in [1.29, 1.82) is 0 Å². The van der Waals surface area contributed by atoms with E-state index in [0.29, 0.717) is 12.6 Å². The van der Waals surface area contributed by atoms with Crippen molar-refractivity contribution in [2.24, 2.45) is 5.41 Å². The second-order valence-electron chi connectivity index (χ2n) is 5.20. The minimum atomic E-state index is 0.171. The zero-order valence-electron chi connectivity index (χ0n) is 11.3. The van der Waals surface area contributed by atoms with E-state index >= 15 is 0 Å². The Morgan fingerprint density at radius 3 is 2.41 bits per heavy atom. The first-order valence-electron chi connectivity index (χ1n) is 5.99. The molecule has 17 heavy (non-hydrogen) atoms. The number of halogens is 1. The molecule has 0 aliphatic carbocycles. The molecule has 1 aromatic carbocycles. The second-order valence-corrected chi connectivity index (χ2v) is 6.06. The van der Waals surface area contributed by atoms with Crippen LogP contribution < -0.4 is 10.1 Å². The van der Waals surface area contributed by atoms with Gasteiger partial charge in [-0.3, -0.25) is 0 Å². The summed E-state index contributed by atoms with van der Waals surface area (Å²) in [5, 5.41) is 3.38. The Labute approximate surface area is 113 Å². The quantitative estimate of drug-likeness (QED) is 0.901. The van der Waals surface area contributed by atoms with Crippen LogP contribution in [0.4, 0.5) is 0 Å². The Kier molecular flexibility index (Phi) is 5.02. The minimum absolute atomic E-state index is 0.171. The fraction of sp³-hybridized carbons (Fsp3) is 0.571. The van der Waals surface area contributed by atoms with Crippen LogP contribution in [-0.4, -0.2) is 13.7 Å². The molecule has 1 rings (SSSR count). The third kappa shape index (κ3) is 3.71. The molecule has 0 aliphatic rings. The summed E-state index contributed by atoms with van der Waals surface area (Å²) < 4.78 is 6.59. The van der Waals surface area contributed by atoms with Gasteiger partial charge < -0.3 is 10.1 Å². The summed E-state index contributed by atoms with van der Waals surface area (Å²) in [6, 6.07) is 6.50. The number of benzene rings is 1. The molecule has 0 aliphatic heterocycles. The van der Waals surface area contributed by atoms with Crippen molar-refractivity contribution in [2.45, 2.75) is 33.7 Å². The smallest absolute Gasteiger partial charge is 0.120 e. The average Bonchev–Trinajstić information content (AvgIpc) is 2.21. The summed E-state index contributed by atoms with van der Waals surface area (Å²) in [5.74, 6) is 0.909. The SMILES string of the molecule is CCOc1ccc(C(NC)C(C)(C)C)c(Br)c1. The molecule has 0 spiro atoms. The molecule has 1 N–H and O–H groups in total. The zero-order chi connectivity index (χ0) is 13.1. The van der Waals surface area contributed by atoms with Gasteiger partial charge in [0.15, 0.2) is 0 Å². The molecule has 3 heteroatoms. The monoisotopic (exact) mass is 299 g/mol. The van der Waals surface area contributed by atoms with E-state index < -0.39 is 0 Å². The first-order valence-corrected chi connectivity index (χ1v) is 6.79. The van der Waals surface area contributed by atoms with Gasteiger partial charge in [-0.15, -0.1) is 0 Å². The highest BCUT2D eigenvalue weighted by molar-refractivity contribution is 9.10. The molecule has 1 unspecified atom stereocenters. The van der Waals surface area contributed by atoms with Crippen LogP contribution in [-0.2, 0) is 0 Å². The van der Waals surface area contributed by atoms with Crippen LogP contribution in [0, 0.1) is 5.41 Å². The maximum absolute atomic E-state index is 5.49. The van der Waals surface area contributed by atoms with Gasteiger partial charge in [0, 0.05) is 10.5 Å². The third-order valence-corrected chi connectivity index (χ3v) is 3.44. The minimum Gasteiger partial charge on any atom is -0.494 e. The van der Waals surface area contributed by atoms with Crippen LogP contribution in [0.2, 0.25) is 0 Å². The van der Waals surface area contributed by atoms with Gasteiger partial charge in [-0.1, -0.05) is 42.8 Å². The highest BCUT2D eigenvalue weighted by atomic mass is 79.9. The van der Waals surface area contributed by atoms with E-state index in [9.17, 15) is 0 Å². The van der Waals surface area contributed by atoms with Gasteiger partial charge in [-0.25, -0.2) is 0 Å². The number of rotatable bonds is 4. The number of nitrogens with one attached hydrogen (secondary N) is 1. The predicted octanol–water partition coefficient (Wildman–Crippen LogP) is 4.15. The fourth-order valence-corrected chi connectivity index (χ4v) is 2.64. The van der Waals surface area contributed by atoms with E-state index in [1.54, 1.807) is 0 Å². The third-order valence-electron chi connectivity index (χ3n) is 2.75. The molecule has 1 aromatic rings. The maximum Gasteiger partial charge on any atom is 0.120 e. The van der Waals surface area contributed by atoms with Crippen molar-refractivity contribution in [3.63, 3.8) is 0 Å². The fourth-order valence-electron chi connectivity index (χ4n) is 2.05. The van der Waals surface area contributed by atoms with Gasteiger partial charge in [0.25, 0.3) is 0 Å². The summed E-state index contributed by atoms with van der Waals surface area (Å²) in [6.07, 6.45) is 0. The number of ether oxygens (including phenoxy) is 1. The van der Waals surface area contributed by atoms with E-state index in [1.165, 1.54) is 5.56 Å². The summed E-state index contributed by atoms with van der Waals surface area (Å²) in [5.41, 5.74) is 1.44. The van der Waals surface area contributed by atoms with E-state index in [4.69, 9.17) is 4.74 Å². The second kappa shape index (κ2) is 5.87. The Hall–Kier alpha value is -0.540. The van der Waals surface area contributed by atoms with Gasteiger partial charge in [0.05, 0.1) is 6.61 Å². The molecular weight excluding hydrogens is 278 g/mol. The van der Waals surface area contributed by atoms with E-state index in [2.05, 4.69) is 48.1 Å². The average molecular weight is 300 g/mol. The summed E-state index contributed by atoms with van der Waals surface area (Å²) in [4.78, 5) is 0. The molecule has 0 aromatic heterocycles. The van der Waals surface area contributed by atoms with Crippen molar-refractivity contribution in [2.75, 3.05) is 13.7 Å². The van der Waals surface area contributed by atoms with Crippen molar-refractivity contribution < 1.29 is 4.74 Å². The molecular formula is C14H22BrNO. The Balaban J connectivity index is 3.05. The highest BCUT2D eigenvalue weighted by Gasteiger charge is 2.26. The lowest BCUT2D eigenvalue weighted by molar-refractivity contribution is 0.285. The standard InChI is InChI=1S/C14H22BrNO/c1-6-17-10-7-8-11(12(15)9-10)13(16-5)14(2,3)4/h7-9,13,16H,6H2,1-5H3. The Bertz CT molecular complexity index is 371. The van der Waals surface area contributed by atoms with Crippen LogP contribution in [0.5, 0.6) is 5.75 Å². The van der Waals surface area contributed by atoms with E-state index in [1.807, 2.05) is 26.1 Å². The highest BCUT2D eigenvalue weighted by Crippen LogP contribution is 2.37. The lowest BCUT2D eigenvalue weighted by Crippen LogP contribution is -2.29. The van der Waals surface area contributed by atoms with Gasteiger partial charge in [0.2, 0.25) is 0 Å². The molecule has 2 nitrogen and oxygen atoms in total. The van der Waals surface area contributed by atoms with Crippen molar-refractivity contribution in [1.82, 2.24) is 5.32 Å². The lowest BCUT2D eigenvalue weighted by Gasteiger charge is -2.31. The molecule has 96 valence electrons. The van der Waals surface area contributed by atoms with E-state index in [0.717, 1.165) is 10.2 Å². The Morgan fingerprint density at radius 1 is 1.35 bits per heavy atom. The Morgan fingerprint density at radius 2 is 2.00 bits per heavy atom. The largest absolute Gasteiger partial charge is 0.494 e. The molecule has 0 radical (unpaired) electrons. The summed E-state index contributed by atoms with van der Waals surface area (Å²) in [6.45, 7) is 9.39. The van der Waals surface area contributed by atoms with Crippen molar-refractivity contribution in [3.05, 3.63) is 28.2 Å². The van der Waals surface area contributed by atoms with Gasteiger partial charge in [-0.05, 0) is 37.1 Å². The van der Waals surface area contributed by atoms with Crippen LogP contribution in [0.15, 0.2) is 22.7 Å². The molecule has 0 saturated heterocycles. The zero-order valence-corrected chi connectivity index (χ0v) is 12.9. The van der Waals surface area contributed by atoms with Gasteiger partial charge in [0.1, 0.15) is 5.75 Å². The van der Waals surface area contributed by atoms with Crippen molar-refractivity contribution in [3.8, 4) is 5.75 Å². The van der Waals surface area contributed by atoms with Crippen LogP contribution in [0.25, 0.3) is 0 Å². The summed E-state index contributed by atoms with van der Waals surface area (Å²) in [7, 11) is 2.00. The molecule has 0 amide bonds. The maximum atomic E-state index is 5.49. The molecule has 0 heterocycles. The first kappa shape index (κ1) is 14.5. The lowest BCUT2D eigenvalue weighted by atomic mass is 9.82. The van der Waals surface area contributed by atoms with E-state index in [-0.39, 0.29) is 5.41 Å². The van der Waals surface area contributed by atoms with Gasteiger partial charge in [-0.2, -0.15) is 0 Å². The molecule has 1 atom stereocenters. The normalized spacial score (nSPS) is 13.5. The molecule has 0 bridgehead atoms. The van der Waals surface area contributed by atoms with Crippen molar-refractivity contribution >= 4 is 15.9 Å². The van der Waals surface area contributed by atoms with Gasteiger partial charge >= 0.3 is 0 Å². The predicted molar refractivity (Wildman–Crippen MR) is 76.6 cm³/mol. The first-order chi connectivity index (χ1) is 7.90. The number of hydrogen-bond donors (Lipinski definition) is 1. The number of hydrogen-bond acceptors (Lipinski definition) is 2. The van der Waals surface area contributed by atoms with Crippen LogP contribution in [0.3, 0.4) is 0 Å². The topological polar surface area (TPSA) is 21.3 Å². The van der Waals surface area contributed by atoms with Crippen LogP contribution in [0.1, 0.15) is 39.3 Å². The molecule has 0 saturated carbocycles. The summed E-state index contributed by atoms with van der Waals surface area (Å²) >= 11 is 3.63. The van der Waals surface area contributed by atoms with Crippen LogP contribution >= 0.6 is 15.9 Å². The molecule has 0 fully saturated rings.